The van der Waals surface area contributed by atoms with Gasteiger partial charge in [-0.3, -0.25) is 4.79 Å². The molecule has 1 atom stereocenters. The number of benzene rings is 1. The predicted molar refractivity (Wildman–Crippen MR) is 90.0 cm³/mol. The van der Waals surface area contributed by atoms with E-state index >= 15 is 0 Å². The highest BCUT2D eigenvalue weighted by atomic mass is 16.5. The highest BCUT2D eigenvalue weighted by Gasteiger charge is 2.45. The summed E-state index contributed by atoms with van der Waals surface area (Å²) in [4.78, 5) is 11.5. The van der Waals surface area contributed by atoms with Gasteiger partial charge in [0, 0.05) is 18.9 Å². The molecule has 2 aliphatic carbocycles. The summed E-state index contributed by atoms with van der Waals surface area (Å²) in [5.74, 6) is 1.32. The van der Waals surface area contributed by atoms with Crippen molar-refractivity contribution < 1.29 is 9.53 Å². The molecular formula is C19H27NO2. The van der Waals surface area contributed by atoms with Crippen molar-refractivity contribution in [3.63, 3.8) is 0 Å². The molecule has 0 heterocycles. The Morgan fingerprint density at radius 1 is 1.32 bits per heavy atom. The first-order valence-corrected chi connectivity index (χ1v) is 8.17. The number of ketones is 1. The summed E-state index contributed by atoms with van der Waals surface area (Å²) in [6, 6.07) is 6.37. The van der Waals surface area contributed by atoms with Gasteiger partial charge in [0.2, 0.25) is 0 Å². The Bertz CT molecular complexity index is 528. The number of carbonyl (C=O) groups is 1. The summed E-state index contributed by atoms with van der Waals surface area (Å²) in [5.41, 5.74) is 9.22. The molecule has 3 nitrogen and oxygen atoms in total. The molecule has 2 aliphatic rings. The molecule has 2 N–H and O–H groups in total. The third kappa shape index (κ3) is 3.09. The summed E-state index contributed by atoms with van der Waals surface area (Å²) < 4.78 is 5.71. The SMILES string of the molecule is C=C.CCCOc1ccc2c(c1)C(N)C1(CCC(=O)CC1)C2. The van der Waals surface area contributed by atoms with Crippen molar-refractivity contribution >= 4 is 5.78 Å². The van der Waals surface area contributed by atoms with Crippen LogP contribution in [-0.4, -0.2) is 12.4 Å². The van der Waals surface area contributed by atoms with Crippen LogP contribution in [-0.2, 0) is 11.2 Å². The lowest BCUT2D eigenvalue weighted by Crippen LogP contribution is -2.35. The van der Waals surface area contributed by atoms with Gasteiger partial charge in [0.05, 0.1) is 6.61 Å². The fourth-order valence-corrected chi connectivity index (χ4v) is 3.67. The van der Waals surface area contributed by atoms with Gasteiger partial charge in [-0.25, -0.2) is 0 Å². The Morgan fingerprint density at radius 3 is 2.64 bits per heavy atom. The molecule has 3 rings (SSSR count). The smallest absolute Gasteiger partial charge is 0.132 e. The van der Waals surface area contributed by atoms with E-state index in [4.69, 9.17) is 10.5 Å². The van der Waals surface area contributed by atoms with Crippen LogP contribution in [0.4, 0.5) is 0 Å². The second kappa shape index (κ2) is 7.10. The maximum atomic E-state index is 11.5. The standard InChI is InChI=1S/C17H23NO2.C2H4/c1-2-9-20-14-4-3-12-11-17(16(18)15(12)10-14)7-5-13(19)6-8-17;1-2/h3-4,10,16H,2,5-9,11,18H2,1H3;1-2H2. The second-order valence-electron chi connectivity index (χ2n) is 6.26. The van der Waals surface area contributed by atoms with E-state index in [0.29, 0.717) is 18.6 Å². The largest absolute Gasteiger partial charge is 0.494 e. The second-order valence-corrected chi connectivity index (χ2v) is 6.26. The van der Waals surface area contributed by atoms with E-state index in [-0.39, 0.29) is 11.5 Å². The molecule has 1 spiro atoms. The van der Waals surface area contributed by atoms with Gasteiger partial charge < -0.3 is 10.5 Å². The van der Waals surface area contributed by atoms with Crippen LogP contribution in [0.1, 0.15) is 56.2 Å². The van der Waals surface area contributed by atoms with Crippen molar-refractivity contribution in [3.05, 3.63) is 42.5 Å². The number of hydrogen-bond donors (Lipinski definition) is 1. The van der Waals surface area contributed by atoms with Crippen LogP contribution in [0.15, 0.2) is 31.4 Å². The zero-order chi connectivity index (χ0) is 16.2. The molecule has 1 saturated carbocycles. The van der Waals surface area contributed by atoms with Crippen LogP contribution in [0.2, 0.25) is 0 Å². The van der Waals surface area contributed by atoms with E-state index < -0.39 is 0 Å². The fourth-order valence-electron chi connectivity index (χ4n) is 3.67. The summed E-state index contributed by atoms with van der Waals surface area (Å²) in [5, 5.41) is 0. The Balaban J connectivity index is 0.000000847. The van der Waals surface area contributed by atoms with E-state index in [1.165, 1.54) is 11.1 Å². The molecule has 3 heteroatoms. The summed E-state index contributed by atoms with van der Waals surface area (Å²) in [6.45, 7) is 8.85. The van der Waals surface area contributed by atoms with Gasteiger partial charge in [0.1, 0.15) is 11.5 Å². The average Bonchev–Trinajstić information content (AvgIpc) is 2.83. The number of rotatable bonds is 3. The van der Waals surface area contributed by atoms with Gasteiger partial charge in [-0.15, -0.1) is 13.2 Å². The highest BCUT2D eigenvalue weighted by Crippen LogP contribution is 2.52. The van der Waals surface area contributed by atoms with Crippen LogP contribution in [0.3, 0.4) is 0 Å². The molecule has 0 saturated heterocycles. The third-order valence-electron chi connectivity index (χ3n) is 4.93. The molecule has 0 aromatic heterocycles. The normalized spacial score (nSPS) is 21.9. The lowest BCUT2D eigenvalue weighted by molar-refractivity contribution is -0.122. The van der Waals surface area contributed by atoms with Gasteiger partial charge in [-0.05, 0) is 54.4 Å². The molecule has 0 amide bonds. The Kier molecular flexibility index (Phi) is 5.41. The minimum absolute atomic E-state index is 0.0516. The summed E-state index contributed by atoms with van der Waals surface area (Å²) >= 11 is 0. The van der Waals surface area contributed by atoms with E-state index in [1.807, 2.05) is 6.07 Å². The Labute approximate surface area is 133 Å². The third-order valence-corrected chi connectivity index (χ3v) is 4.93. The highest BCUT2D eigenvalue weighted by molar-refractivity contribution is 5.79. The van der Waals surface area contributed by atoms with Gasteiger partial charge in [0.25, 0.3) is 0 Å². The van der Waals surface area contributed by atoms with Crippen LogP contribution in [0.5, 0.6) is 5.75 Å². The molecule has 22 heavy (non-hydrogen) atoms. The number of hydrogen-bond acceptors (Lipinski definition) is 3. The van der Waals surface area contributed by atoms with Crippen LogP contribution in [0.25, 0.3) is 0 Å². The van der Waals surface area contributed by atoms with Crippen molar-refractivity contribution in [2.45, 2.75) is 51.5 Å². The lowest BCUT2D eigenvalue weighted by Gasteiger charge is -2.36. The Morgan fingerprint density at radius 2 is 2.00 bits per heavy atom. The molecule has 1 aromatic carbocycles. The van der Waals surface area contributed by atoms with Crippen LogP contribution < -0.4 is 10.5 Å². The molecule has 1 unspecified atom stereocenters. The van der Waals surface area contributed by atoms with Crippen molar-refractivity contribution in [2.24, 2.45) is 11.1 Å². The quantitative estimate of drug-likeness (QED) is 0.860. The van der Waals surface area contributed by atoms with E-state index in [9.17, 15) is 4.79 Å². The summed E-state index contributed by atoms with van der Waals surface area (Å²) in [7, 11) is 0. The van der Waals surface area contributed by atoms with E-state index in [1.54, 1.807) is 0 Å². The minimum Gasteiger partial charge on any atom is -0.494 e. The lowest BCUT2D eigenvalue weighted by atomic mass is 9.69. The van der Waals surface area contributed by atoms with Gasteiger partial charge in [-0.2, -0.15) is 0 Å². The van der Waals surface area contributed by atoms with Crippen LogP contribution in [0, 0.1) is 5.41 Å². The molecule has 1 fully saturated rings. The first-order chi connectivity index (χ1) is 10.6. The number of fused-ring (bicyclic) bond motifs is 1. The topological polar surface area (TPSA) is 52.3 Å². The van der Waals surface area contributed by atoms with Crippen molar-refractivity contribution in [1.82, 2.24) is 0 Å². The van der Waals surface area contributed by atoms with Crippen molar-refractivity contribution in [3.8, 4) is 5.75 Å². The molecular weight excluding hydrogens is 274 g/mol. The minimum atomic E-state index is 0.0516. The predicted octanol–water partition coefficient (Wildman–Crippen LogP) is 3.96. The number of ether oxygens (including phenoxy) is 1. The first-order valence-electron chi connectivity index (χ1n) is 8.17. The van der Waals surface area contributed by atoms with E-state index in [2.05, 4.69) is 32.2 Å². The van der Waals surface area contributed by atoms with Crippen LogP contribution >= 0.6 is 0 Å². The average molecular weight is 301 g/mol. The number of nitrogens with two attached hydrogens (primary N) is 1. The zero-order valence-corrected chi connectivity index (χ0v) is 13.6. The maximum absolute atomic E-state index is 11.5. The Hall–Kier alpha value is -1.61. The van der Waals surface area contributed by atoms with Crippen molar-refractivity contribution in [1.29, 1.82) is 0 Å². The molecule has 0 aliphatic heterocycles. The summed E-state index contributed by atoms with van der Waals surface area (Å²) in [6.07, 6.45) is 5.29. The number of carbonyl (C=O) groups excluding carboxylic acids is 1. The van der Waals surface area contributed by atoms with Gasteiger partial charge in [-0.1, -0.05) is 13.0 Å². The first kappa shape index (κ1) is 16.8. The van der Waals surface area contributed by atoms with Gasteiger partial charge >= 0.3 is 0 Å². The molecule has 0 bridgehead atoms. The molecule has 0 radical (unpaired) electrons. The number of Topliss-reactive ketones (excluding diaryl/α,β-unsaturated/α-hetero) is 1. The monoisotopic (exact) mass is 301 g/mol. The van der Waals surface area contributed by atoms with Crippen molar-refractivity contribution in [2.75, 3.05) is 6.61 Å². The van der Waals surface area contributed by atoms with E-state index in [0.717, 1.165) is 38.0 Å². The molecule has 120 valence electrons. The zero-order valence-electron chi connectivity index (χ0n) is 13.6. The molecule has 1 aromatic rings. The maximum Gasteiger partial charge on any atom is 0.132 e. The fraction of sp³-hybridized carbons (Fsp3) is 0.526. The van der Waals surface area contributed by atoms with Gasteiger partial charge in [0.15, 0.2) is 0 Å².